The molecule has 2 rings (SSSR count). The fraction of sp³-hybridized carbons (Fsp3) is 0.312. The molecule has 0 fully saturated rings. The van der Waals surface area contributed by atoms with Crippen molar-refractivity contribution in [3.8, 4) is 0 Å². The molecule has 2 aromatic carbocycles. The number of Topliss-reactive ketones (excluding diaryl/α,β-unsaturated/α-hetero) is 1. The molecule has 17 heavy (non-hydrogen) atoms. The molecule has 0 bridgehead atoms. The van der Waals surface area contributed by atoms with Crippen molar-refractivity contribution in [3.63, 3.8) is 0 Å². The van der Waals surface area contributed by atoms with Crippen LogP contribution in [0.15, 0.2) is 42.5 Å². The van der Waals surface area contributed by atoms with Crippen LogP contribution in [0.25, 0.3) is 10.8 Å². The lowest BCUT2D eigenvalue weighted by atomic mass is 10.0. The molecular formula is C16H18O. The van der Waals surface area contributed by atoms with Gasteiger partial charge in [-0.25, -0.2) is 0 Å². The molecule has 0 N–H and O–H groups in total. The van der Waals surface area contributed by atoms with Crippen molar-refractivity contribution in [2.45, 2.75) is 32.6 Å². The Hall–Kier alpha value is -1.63. The average Bonchev–Trinajstić information content (AvgIpc) is 2.38. The van der Waals surface area contributed by atoms with Gasteiger partial charge in [-0.15, -0.1) is 0 Å². The van der Waals surface area contributed by atoms with Crippen LogP contribution >= 0.6 is 0 Å². The van der Waals surface area contributed by atoms with Gasteiger partial charge in [0.25, 0.3) is 0 Å². The number of fused-ring (bicyclic) bond motifs is 1. The average molecular weight is 226 g/mol. The summed E-state index contributed by atoms with van der Waals surface area (Å²) in [4.78, 5) is 12.0. The highest BCUT2D eigenvalue weighted by atomic mass is 16.1. The normalized spacial score (nSPS) is 10.6. The highest BCUT2D eigenvalue weighted by Crippen LogP contribution is 2.17. The van der Waals surface area contributed by atoms with Gasteiger partial charge in [0, 0.05) is 12.0 Å². The summed E-state index contributed by atoms with van der Waals surface area (Å²) < 4.78 is 0. The smallest absolute Gasteiger partial charge is 0.162 e. The molecule has 88 valence electrons. The Morgan fingerprint density at radius 1 is 1.00 bits per heavy atom. The van der Waals surface area contributed by atoms with E-state index in [0.717, 1.165) is 30.2 Å². The molecular weight excluding hydrogens is 208 g/mol. The van der Waals surface area contributed by atoms with Gasteiger partial charge in [-0.2, -0.15) is 0 Å². The summed E-state index contributed by atoms with van der Waals surface area (Å²) in [5, 5.41) is 2.34. The Morgan fingerprint density at radius 3 is 2.53 bits per heavy atom. The van der Waals surface area contributed by atoms with E-state index in [-0.39, 0.29) is 5.78 Å². The molecule has 1 heteroatoms. The van der Waals surface area contributed by atoms with E-state index in [0.29, 0.717) is 6.42 Å². The lowest BCUT2D eigenvalue weighted by molar-refractivity contribution is 0.0979. The summed E-state index contributed by atoms with van der Waals surface area (Å²) in [6.45, 7) is 2.15. The molecule has 2 aromatic rings. The van der Waals surface area contributed by atoms with Crippen LogP contribution in [0.1, 0.15) is 43.0 Å². The summed E-state index contributed by atoms with van der Waals surface area (Å²) in [5.41, 5.74) is 0.847. The van der Waals surface area contributed by atoms with Crippen LogP contribution in [0.3, 0.4) is 0 Å². The molecule has 0 aliphatic heterocycles. The van der Waals surface area contributed by atoms with Gasteiger partial charge < -0.3 is 0 Å². The summed E-state index contributed by atoms with van der Waals surface area (Å²) in [5.74, 6) is 0.268. The largest absolute Gasteiger partial charge is 0.294 e. The maximum Gasteiger partial charge on any atom is 0.162 e. The topological polar surface area (TPSA) is 17.1 Å². The lowest BCUT2D eigenvalue weighted by Gasteiger charge is -2.03. The minimum atomic E-state index is 0.268. The van der Waals surface area contributed by atoms with Crippen molar-refractivity contribution >= 4 is 16.6 Å². The van der Waals surface area contributed by atoms with Crippen LogP contribution in [0.5, 0.6) is 0 Å². The lowest BCUT2D eigenvalue weighted by Crippen LogP contribution is -1.98. The van der Waals surface area contributed by atoms with E-state index in [2.05, 4.69) is 19.1 Å². The molecule has 0 atom stereocenters. The third kappa shape index (κ3) is 2.94. The number of hydrogen-bond acceptors (Lipinski definition) is 1. The predicted molar refractivity (Wildman–Crippen MR) is 72.4 cm³/mol. The standard InChI is InChI=1S/C16H18O/c1-2-3-4-9-16(17)15-11-10-13-7-5-6-8-14(13)12-15/h5-8,10-12H,2-4,9H2,1H3. The number of benzene rings is 2. The van der Waals surface area contributed by atoms with Crippen LogP contribution in [0, 0.1) is 0 Å². The number of unbranched alkanes of at least 4 members (excludes halogenated alkanes) is 2. The second-order valence-corrected chi connectivity index (χ2v) is 4.44. The van der Waals surface area contributed by atoms with Crippen molar-refractivity contribution in [1.29, 1.82) is 0 Å². The van der Waals surface area contributed by atoms with Gasteiger partial charge in [0.1, 0.15) is 0 Å². The summed E-state index contributed by atoms with van der Waals surface area (Å²) in [6.07, 6.45) is 3.97. The Labute approximate surface area is 102 Å². The molecule has 0 aliphatic carbocycles. The van der Waals surface area contributed by atoms with E-state index in [1.165, 1.54) is 5.39 Å². The van der Waals surface area contributed by atoms with Crippen molar-refractivity contribution in [2.75, 3.05) is 0 Å². The van der Waals surface area contributed by atoms with Gasteiger partial charge in [0.2, 0.25) is 0 Å². The van der Waals surface area contributed by atoms with E-state index < -0.39 is 0 Å². The second-order valence-electron chi connectivity index (χ2n) is 4.44. The Bertz CT molecular complexity index is 514. The molecule has 1 nitrogen and oxygen atoms in total. The van der Waals surface area contributed by atoms with Crippen molar-refractivity contribution < 1.29 is 4.79 Å². The van der Waals surface area contributed by atoms with Gasteiger partial charge in [-0.05, 0) is 23.3 Å². The molecule has 0 saturated carbocycles. The number of rotatable bonds is 5. The fourth-order valence-electron chi connectivity index (χ4n) is 2.04. The number of carbonyl (C=O) groups excluding carboxylic acids is 1. The van der Waals surface area contributed by atoms with E-state index in [9.17, 15) is 4.79 Å². The Balaban J connectivity index is 2.15. The molecule has 0 aliphatic rings. The summed E-state index contributed by atoms with van der Waals surface area (Å²) >= 11 is 0. The fourth-order valence-corrected chi connectivity index (χ4v) is 2.04. The zero-order chi connectivity index (χ0) is 12.1. The zero-order valence-electron chi connectivity index (χ0n) is 10.3. The maximum atomic E-state index is 12.0. The van der Waals surface area contributed by atoms with E-state index in [1.54, 1.807) is 0 Å². The monoisotopic (exact) mass is 226 g/mol. The second kappa shape index (κ2) is 5.62. The number of ketones is 1. The third-order valence-electron chi connectivity index (χ3n) is 3.08. The quantitative estimate of drug-likeness (QED) is 0.537. The van der Waals surface area contributed by atoms with Gasteiger partial charge in [-0.1, -0.05) is 56.2 Å². The maximum absolute atomic E-state index is 12.0. The Kier molecular flexibility index (Phi) is 3.92. The van der Waals surface area contributed by atoms with E-state index >= 15 is 0 Å². The molecule has 0 saturated heterocycles. The highest BCUT2D eigenvalue weighted by molar-refractivity contribution is 5.99. The molecule has 0 aromatic heterocycles. The van der Waals surface area contributed by atoms with E-state index in [1.807, 2.05) is 30.3 Å². The van der Waals surface area contributed by atoms with Gasteiger partial charge in [-0.3, -0.25) is 4.79 Å². The van der Waals surface area contributed by atoms with Gasteiger partial charge >= 0.3 is 0 Å². The third-order valence-corrected chi connectivity index (χ3v) is 3.08. The zero-order valence-corrected chi connectivity index (χ0v) is 10.3. The van der Waals surface area contributed by atoms with Crippen LogP contribution in [0.2, 0.25) is 0 Å². The first kappa shape index (κ1) is 11.8. The van der Waals surface area contributed by atoms with Crippen LogP contribution in [0.4, 0.5) is 0 Å². The first-order valence-electron chi connectivity index (χ1n) is 6.33. The van der Waals surface area contributed by atoms with E-state index in [4.69, 9.17) is 0 Å². The van der Waals surface area contributed by atoms with Crippen LogP contribution < -0.4 is 0 Å². The first-order chi connectivity index (χ1) is 8.31. The number of hydrogen-bond donors (Lipinski definition) is 0. The SMILES string of the molecule is CCCCCC(=O)c1ccc2ccccc2c1. The van der Waals surface area contributed by atoms with Crippen molar-refractivity contribution in [1.82, 2.24) is 0 Å². The highest BCUT2D eigenvalue weighted by Gasteiger charge is 2.05. The molecule has 0 radical (unpaired) electrons. The van der Waals surface area contributed by atoms with Crippen LogP contribution in [-0.4, -0.2) is 5.78 Å². The first-order valence-corrected chi connectivity index (χ1v) is 6.33. The van der Waals surface area contributed by atoms with Crippen molar-refractivity contribution in [3.05, 3.63) is 48.0 Å². The van der Waals surface area contributed by atoms with Crippen molar-refractivity contribution in [2.24, 2.45) is 0 Å². The summed E-state index contributed by atoms with van der Waals surface area (Å²) in [7, 11) is 0. The predicted octanol–water partition coefficient (Wildman–Crippen LogP) is 4.60. The summed E-state index contributed by atoms with van der Waals surface area (Å²) in [6, 6.07) is 14.1. The number of carbonyl (C=O) groups is 1. The Morgan fingerprint density at radius 2 is 1.76 bits per heavy atom. The molecule has 0 amide bonds. The minimum Gasteiger partial charge on any atom is -0.294 e. The minimum absolute atomic E-state index is 0.268. The molecule has 0 heterocycles. The van der Waals surface area contributed by atoms with Gasteiger partial charge in [0.15, 0.2) is 5.78 Å². The van der Waals surface area contributed by atoms with Gasteiger partial charge in [0.05, 0.1) is 0 Å². The van der Waals surface area contributed by atoms with Crippen LogP contribution in [-0.2, 0) is 0 Å². The molecule has 0 spiro atoms. The molecule has 0 unspecified atom stereocenters.